The monoisotopic (exact) mass is 400 g/mol. The number of amides is 1. The van der Waals surface area contributed by atoms with Gasteiger partial charge in [0.2, 0.25) is 5.89 Å². The van der Waals surface area contributed by atoms with E-state index in [2.05, 4.69) is 31.1 Å². The van der Waals surface area contributed by atoms with Gasteiger partial charge in [-0.25, -0.2) is 4.98 Å². The molecule has 0 aliphatic rings. The van der Waals surface area contributed by atoms with Crippen LogP contribution in [0, 0.1) is 0 Å². The van der Waals surface area contributed by atoms with Gasteiger partial charge in [-0.3, -0.25) is 4.79 Å². The predicted octanol–water partition coefficient (Wildman–Crippen LogP) is 6.05. The number of hydrogen-bond donors (Lipinski definition) is 1. The minimum atomic E-state index is -0.159. The third-order valence-corrected chi connectivity index (χ3v) is 5.00. The van der Waals surface area contributed by atoms with E-state index in [4.69, 9.17) is 9.15 Å². The Morgan fingerprint density at radius 3 is 2.30 bits per heavy atom. The van der Waals surface area contributed by atoms with E-state index in [0.717, 1.165) is 11.3 Å². The number of carbonyl (C=O) groups is 1. The molecule has 0 aliphatic carbocycles. The molecule has 0 spiro atoms. The van der Waals surface area contributed by atoms with Crippen molar-refractivity contribution in [2.45, 2.75) is 26.2 Å². The fraction of sp³-hybridized carbons (Fsp3) is 0.200. The van der Waals surface area contributed by atoms with Crippen molar-refractivity contribution in [3.63, 3.8) is 0 Å². The highest BCUT2D eigenvalue weighted by Gasteiger charge is 2.15. The summed E-state index contributed by atoms with van der Waals surface area (Å²) in [5.74, 6) is 1.14. The van der Waals surface area contributed by atoms with E-state index in [0.29, 0.717) is 28.2 Å². The molecule has 0 aliphatic heterocycles. The summed E-state index contributed by atoms with van der Waals surface area (Å²) in [6.45, 7) is 6.44. The van der Waals surface area contributed by atoms with Gasteiger partial charge in [0, 0.05) is 16.8 Å². The van der Waals surface area contributed by atoms with Gasteiger partial charge in [0.1, 0.15) is 11.3 Å². The van der Waals surface area contributed by atoms with Crippen LogP contribution in [0.2, 0.25) is 0 Å². The fourth-order valence-electron chi connectivity index (χ4n) is 3.19. The summed E-state index contributed by atoms with van der Waals surface area (Å²) in [7, 11) is 1.63. The Hall–Kier alpha value is -3.60. The molecule has 0 atom stereocenters. The number of methoxy groups -OCH3 is 1. The van der Waals surface area contributed by atoms with Crippen LogP contribution >= 0.6 is 0 Å². The number of fused-ring (bicyclic) bond motifs is 1. The second kappa shape index (κ2) is 7.67. The second-order valence-corrected chi connectivity index (χ2v) is 8.21. The van der Waals surface area contributed by atoms with Crippen LogP contribution in [0.25, 0.3) is 22.6 Å². The molecule has 0 saturated carbocycles. The molecular weight excluding hydrogens is 376 g/mol. The molecule has 5 heteroatoms. The second-order valence-electron chi connectivity index (χ2n) is 8.21. The lowest BCUT2D eigenvalue weighted by molar-refractivity contribution is 0.102. The molecule has 0 fully saturated rings. The van der Waals surface area contributed by atoms with Crippen LogP contribution in [0.5, 0.6) is 5.75 Å². The van der Waals surface area contributed by atoms with Crippen molar-refractivity contribution < 1.29 is 13.9 Å². The molecule has 1 N–H and O–H groups in total. The highest BCUT2D eigenvalue weighted by atomic mass is 16.5. The Kier molecular flexibility index (Phi) is 5.04. The molecule has 152 valence electrons. The number of rotatable bonds is 4. The first-order chi connectivity index (χ1) is 14.3. The first-order valence-corrected chi connectivity index (χ1v) is 9.80. The van der Waals surface area contributed by atoms with Crippen molar-refractivity contribution in [2.75, 3.05) is 12.4 Å². The van der Waals surface area contributed by atoms with Gasteiger partial charge in [0.15, 0.2) is 5.58 Å². The Bertz CT molecular complexity index is 1180. The Morgan fingerprint density at radius 2 is 1.67 bits per heavy atom. The summed E-state index contributed by atoms with van der Waals surface area (Å²) < 4.78 is 11.0. The number of oxazole rings is 1. The molecule has 0 saturated heterocycles. The van der Waals surface area contributed by atoms with Gasteiger partial charge in [0.25, 0.3) is 5.91 Å². The maximum absolute atomic E-state index is 12.6. The van der Waals surface area contributed by atoms with Crippen molar-refractivity contribution in [3.8, 4) is 17.2 Å². The van der Waals surface area contributed by atoms with Gasteiger partial charge in [-0.1, -0.05) is 32.9 Å². The number of nitrogens with zero attached hydrogens (tertiary/aromatic N) is 1. The van der Waals surface area contributed by atoms with Crippen molar-refractivity contribution in [2.24, 2.45) is 0 Å². The van der Waals surface area contributed by atoms with Gasteiger partial charge in [0.05, 0.1) is 7.11 Å². The average molecular weight is 400 g/mol. The van der Waals surface area contributed by atoms with Crippen molar-refractivity contribution in [1.82, 2.24) is 4.98 Å². The Balaban J connectivity index is 1.54. The number of ether oxygens (including phenoxy) is 1. The number of carbonyl (C=O) groups excluding carboxylic acids is 1. The van der Waals surface area contributed by atoms with E-state index in [1.165, 1.54) is 5.56 Å². The summed E-state index contributed by atoms with van der Waals surface area (Å²) >= 11 is 0. The zero-order valence-electron chi connectivity index (χ0n) is 17.5. The van der Waals surface area contributed by atoms with E-state index in [1.807, 2.05) is 66.7 Å². The predicted molar refractivity (Wildman–Crippen MR) is 119 cm³/mol. The summed E-state index contributed by atoms with van der Waals surface area (Å²) in [5.41, 5.74) is 4.72. The quantitative estimate of drug-likeness (QED) is 0.453. The highest BCUT2D eigenvalue weighted by molar-refractivity contribution is 6.05. The SMILES string of the molecule is COc1ccc(-c2nc3cc(NC(=O)c4ccc(C(C)(C)C)cc4)ccc3o2)cc1. The largest absolute Gasteiger partial charge is 0.497 e. The summed E-state index contributed by atoms with van der Waals surface area (Å²) in [5, 5.41) is 2.94. The van der Waals surface area contributed by atoms with Gasteiger partial charge < -0.3 is 14.5 Å². The van der Waals surface area contributed by atoms with Crippen molar-refractivity contribution in [3.05, 3.63) is 77.9 Å². The summed E-state index contributed by atoms with van der Waals surface area (Å²) in [6.07, 6.45) is 0. The number of aromatic nitrogens is 1. The molecule has 4 rings (SSSR count). The maximum Gasteiger partial charge on any atom is 0.255 e. The fourth-order valence-corrected chi connectivity index (χ4v) is 3.19. The minimum absolute atomic E-state index is 0.0502. The number of nitrogens with one attached hydrogen (secondary N) is 1. The van der Waals surface area contributed by atoms with Crippen LogP contribution in [0.1, 0.15) is 36.7 Å². The zero-order chi connectivity index (χ0) is 21.3. The summed E-state index contributed by atoms with van der Waals surface area (Å²) in [4.78, 5) is 17.2. The highest BCUT2D eigenvalue weighted by Crippen LogP contribution is 2.28. The molecule has 1 heterocycles. The van der Waals surface area contributed by atoms with Crippen LogP contribution in [0.15, 0.2) is 71.1 Å². The number of hydrogen-bond acceptors (Lipinski definition) is 4. The van der Waals surface area contributed by atoms with E-state index < -0.39 is 0 Å². The van der Waals surface area contributed by atoms with E-state index in [9.17, 15) is 4.79 Å². The van der Waals surface area contributed by atoms with Crippen LogP contribution < -0.4 is 10.1 Å². The smallest absolute Gasteiger partial charge is 0.255 e. The van der Waals surface area contributed by atoms with E-state index in [1.54, 1.807) is 7.11 Å². The molecule has 0 bridgehead atoms. The third kappa shape index (κ3) is 4.06. The number of anilines is 1. The first kappa shape index (κ1) is 19.7. The standard InChI is InChI=1S/C25H24N2O3/c1-25(2,3)18-9-5-16(6-10-18)23(28)26-19-11-14-22-21(15-19)27-24(30-22)17-7-12-20(29-4)13-8-17/h5-15H,1-4H3,(H,26,28). The third-order valence-electron chi connectivity index (χ3n) is 5.00. The first-order valence-electron chi connectivity index (χ1n) is 9.80. The van der Waals surface area contributed by atoms with Gasteiger partial charge in [-0.15, -0.1) is 0 Å². The van der Waals surface area contributed by atoms with Gasteiger partial charge in [-0.05, 0) is 65.6 Å². The van der Waals surface area contributed by atoms with E-state index in [-0.39, 0.29) is 11.3 Å². The van der Waals surface area contributed by atoms with Crippen LogP contribution in [-0.4, -0.2) is 18.0 Å². The lowest BCUT2D eigenvalue weighted by atomic mass is 9.87. The van der Waals surface area contributed by atoms with Crippen LogP contribution in [0.3, 0.4) is 0 Å². The van der Waals surface area contributed by atoms with E-state index >= 15 is 0 Å². The van der Waals surface area contributed by atoms with Crippen LogP contribution in [0.4, 0.5) is 5.69 Å². The molecule has 1 amide bonds. The molecule has 4 aromatic rings. The zero-order valence-corrected chi connectivity index (χ0v) is 17.5. The van der Waals surface area contributed by atoms with Crippen LogP contribution in [-0.2, 0) is 5.41 Å². The molecular formula is C25H24N2O3. The number of benzene rings is 3. The maximum atomic E-state index is 12.6. The molecule has 3 aromatic carbocycles. The molecule has 0 radical (unpaired) electrons. The Labute approximate surface area is 175 Å². The van der Waals surface area contributed by atoms with Crippen molar-refractivity contribution in [1.29, 1.82) is 0 Å². The molecule has 5 nitrogen and oxygen atoms in total. The average Bonchev–Trinajstić information content (AvgIpc) is 3.16. The molecule has 30 heavy (non-hydrogen) atoms. The minimum Gasteiger partial charge on any atom is -0.497 e. The van der Waals surface area contributed by atoms with Crippen molar-refractivity contribution >= 4 is 22.7 Å². The van der Waals surface area contributed by atoms with Gasteiger partial charge in [-0.2, -0.15) is 0 Å². The molecule has 0 unspecified atom stereocenters. The molecule has 1 aromatic heterocycles. The lowest BCUT2D eigenvalue weighted by Gasteiger charge is -2.19. The van der Waals surface area contributed by atoms with Gasteiger partial charge >= 0.3 is 0 Å². The normalized spacial score (nSPS) is 11.5. The Morgan fingerprint density at radius 1 is 0.967 bits per heavy atom. The summed E-state index contributed by atoms with van der Waals surface area (Å²) in [6, 6.07) is 20.7. The lowest BCUT2D eigenvalue weighted by Crippen LogP contribution is -2.14. The topological polar surface area (TPSA) is 64.4 Å².